The number of rotatable bonds is 5. The Labute approximate surface area is 107 Å². The van der Waals surface area contributed by atoms with Gasteiger partial charge < -0.3 is 15.0 Å². The van der Waals surface area contributed by atoms with E-state index in [1.807, 2.05) is 11.5 Å². The first-order valence-electron chi connectivity index (χ1n) is 6.06. The summed E-state index contributed by atoms with van der Waals surface area (Å²) >= 11 is 0. The molecule has 1 aliphatic heterocycles. The zero-order chi connectivity index (χ0) is 13.2. The van der Waals surface area contributed by atoms with Crippen LogP contribution in [-0.4, -0.2) is 32.2 Å². The van der Waals surface area contributed by atoms with Crippen LogP contribution in [0.25, 0.3) is 0 Å². The molecule has 7 heteroatoms. The lowest BCUT2D eigenvalue weighted by Crippen LogP contribution is -2.34. The number of sulfonamides is 1. The van der Waals surface area contributed by atoms with Gasteiger partial charge in [-0.25, -0.2) is 13.1 Å². The second-order valence-electron chi connectivity index (χ2n) is 4.34. The Morgan fingerprint density at radius 3 is 2.89 bits per heavy atom. The standard InChI is InChI=1S/C11H19N3O3S/c1-2-14-7-11(5-10(14)6-12)18(15,16)13-9-3-4-17-8-9/h5,7,9,13H,2-4,6,8,12H2,1H3. The molecule has 0 saturated carbocycles. The third kappa shape index (κ3) is 2.74. The Bertz CT molecular complexity index is 482. The third-order valence-corrected chi connectivity index (χ3v) is 4.56. The molecule has 6 nitrogen and oxygen atoms in total. The summed E-state index contributed by atoms with van der Waals surface area (Å²) < 4.78 is 34.0. The molecule has 0 bridgehead atoms. The minimum absolute atomic E-state index is 0.124. The smallest absolute Gasteiger partial charge is 0.242 e. The van der Waals surface area contributed by atoms with E-state index < -0.39 is 10.0 Å². The highest BCUT2D eigenvalue weighted by Crippen LogP contribution is 2.16. The van der Waals surface area contributed by atoms with Crippen LogP contribution in [0.15, 0.2) is 17.2 Å². The fourth-order valence-corrected chi connectivity index (χ4v) is 3.37. The average Bonchev–Trinajstić information content (AvgIpc) is 2.96. The lowest BCUT2D eigenvalue weighted by Gasteiger charge is -2.09. The van der Waals surface area contributed by atoms with Crippen molar-refractivity contribution < 1.29 is 13.2 Å². The highest BCUT2D eigenvalue weighted by atomic mass is 32.2. The van der Waals surface area contributed by atoms with Gasteiger partial charge in [0.1, 0.15) is 0 Å². The van der Waals surface area contributed by atoms with E-state index in [9.17, 15) is 8.42 Å². The van der Waals surface area contributed by atoms with Gasteiger partial charge in [-0.2, -0.15) is 0 Å². The zero-order valence-electron chi connectivity index (χ0n) is 10.4. The number of aryl methyl sites for hydroxylation is 1. The van der Waals surface area contributed by atoms with Gasteiger partial charge in [-0.15, -0.1) is 0 Å². The Kier molecular flexibility index (Phi) is 4.06. The summed E-state index contributed by atoms with van der Waals surface area (Å²) in [6, 6.07) is 1.50. The monoisotopic (exact) mass is 273 g/mol. The van der Waals surface area contributed by atoms with Crippen LogP contribution in [0.3, 0.4) is 0 Å². The normalized spacial score (nSPS) is 20.4. The number of nitrogens with zero attached hydrogens (tertiary/aromatic N) is 1. The first kappa shape index (κ1) is 13.5. The second-order valence-corrected chi connectivity index (χ2v) is 6.05. The topological polar surface area (TPSA) is 86.3 Å². The van der Waals surface area contributed by atoms with Gasteiger partial charge in [0.15, 0.2) is 0 Å². The van der Waals surface area contributed by atoms with Crippen LogP contribution in [0.5, 0.6) is 0 Å². The number of nitrogens with two attached hydrogens (primary N) is 1. The summed E-state index contributed by atoms with van der Waals surface area (Å²) in [6.45, 7) is 4.03. The molecular weight excluding hydrogens is 254 g/mol. The highest BCUT2D eigenvalue weighted by molar-refractivity contribution is 7.89. The maximum atomic E-state index is 12.2. The van der Waals surface area contributed by atoms with Crippen molar-refractivity contribution in [2.75, 3.05) is 13.2 Å². The minimum atomic E-state index is -3.47. The zero-order valence-corrected chi connectivity index (χ0v) is 11.2. The number of ether oxygens (including phenoxy) is 1. The van der Waals surface area contributed by atoms with Gasteiger partial charge >= 0.3 is 0 Å². The molecule has 1 aromatic heterocycles. The van der Waals surface area contributed by atoms with Crippen molar-refractivity contribution in [3.63, 3.8) is 0 Å². The van der Waals surface area contributed by atoms with Crippen LogP contribution < -0.4 is 10.5 Å². The van der Waals surface area contributed by atoms with Gasteiger partial charge in [0.05, 0.1) is 11.5 Å². The van der Waals surface area contributed by atoms with Gasteiger partial charge in [0, 0.05) is 37.6 Å². The summed E-state index contributed by atoms with van der Waals surface area (Å²) in [7, 11) is -3.47. The van der Waals surface area contributed by atoms with Crippen LogP contribution in [-0.2, 0) is 27.8 Å². The highest BCUT2D eigenvalue weighted by Gasteiger charge is 2.24. The largest absolute Gasteiger partial charge is 0.380 e. The van der Waals surface area contributed by atoms with Crippen molar-refractivity contribution in [1.82, 2.24) is 9.29 Å². The summed E-state index contributed by atoms with van der Waals surface area (Å²) in [4.78, 5) is 0.275. The predicted octanol–water partition coefficient (Wildman–Crippen LogP) is 0.0339. The Morgan fingerprint density at radius 1 is 1.61 bits per heavy atom. The molecule has 2 rings (SSSR count). The third-order valence-electron chi connectivity index (χ3n) is 3.07. The summed E-state index contributed by atoms with van der Waals surface area (Å²) in [5, 5.41) is 0. The van der Waals surface area contributed by atoms with Crippen molar-refractivity contribution >= 4 is 10.0 Å². The van der Waals surface area contributed by atoms with E-state index in [-0.39, 0.29) is 10.9 Å². The van der Waals surface area contributed by atoms with E-state index in [2.05, 4.69) is 4.72 Å². The fraction of sp³-hybridized carbons (Fsp3) is 0.636. The first-order valence-corrected chi connectivity index (χ1v) is 7.54. The van der Waals surface area contributed by atoms with Crippen molar-refractivity contribution in [3.05, 3.63) is 18.0 Å². The van der Waals surface area contributed by atoms with Crippen LogP contribution in [0.2, 0.25) is 0 Å². The molecular formula is C11H19N3O3S. The van der Waals surface area contributed by atoms with Crippen LogP contribution in [0.4, 0.5) is 0 Å². The molecule has 1 unspecified atom stereocenters. The molecule has 0 aliphatic carbocycles. The maximum absolute atomic E-state index is 12.2. The minimum Gasteiger partial charge on any atom is -0.380 e. The van der Waals surface area contributed by atoms with Gasteiger partial charge in [-0.3, -0.25) is 0 Å². The molecule has 2 heterocycles. The average molecular weight is 273 g/mol. The predicted molar refractivity (Wildman–Crippen MR) is 67.5 cm³/mol. The van der Waals surface area contributed by atoms with E-state index in [4.69, 9.17) is 10.5 Å². The Morgan fingerprint density at radius 2 is 2.39 bits per heavy atom. The molecule has 0 aromatic carbocycles. The van der Waals surface area contributed by atoms with Crippen LogP contribution in [0.1, 0.15) is 19.0 Å². The van der Waals surface area contributed by atoms with Crippen molar-refractivity contribution in [3.8, 4) is 0 Å². The van der Waals surface area contributed by atoms with Gasteiger partial charge in [-0.05, 0) is 19.4 Å². The summed E-state index contributed by atoms with van der Waals surface area (Å²) in [5.41, 5.74) is 6.41. The molecule has 18 heavy (non-hydrogen) atoms. The molecule has 1 atom stereocenters. The maximum Gasteiger partial charge on any atom is 0.242 e. The molecule has 1 fully saturated rings. The number of nitrogens with one attached hydrogen (secondary N) is 1. The van der Waals surface area contributed by atoms with Gasteiger partial charge in [0.25, 0.3) is 0 Å². The lowest BCUT2D eigenvalue weighted by molar-refractivity contribution is 0.192. The van der Waals surface area contributed by atoms with Crippen LogP contribution in [0, 0.1) is 0 Å². The summed E-state index contributed by atoms with van der Waals surface area (Å²) in [6.07, 6.45) is 2.35. The van der Waals surface area contributed by atoms with Crippen molar-refractivity contribution in [2.45, 2.75) is 37.4 Å². The molecule has 102 valence electrons. The van der Waals surface area contributed by atoms with E-state index in [0.29, 0.717) is 26.3 Å². The second kappa shape index (κ2) is 5.40. The number of hydrogen-bond donors (Lipinski definition) is 2. The quantitative estimate of drug-likeness (QED) is 0.792. The van der Waals surface area contributed by atoms with Gasteiger partial charge in [-0.1, -0.05) is 0 Å². The lowest BCUT2D eigenvalue weighted by atomic mass is 10.3. The van der Waals surface area contributed by atoms with Crippen LogP contribution >= 0.6 is 0 Å². The van der Waals surface area contributed by atoms with Crippen molar-refractivity contribution in [1.29, 1.82) is 0 Å². The molecule has 1 aromatic rings. The SMILES string of the molecule is CCn1cc(S(=O)(=O)NC2CCOC2)cc1CN. The summed E-state index contributed by atoms with van der Waals surface area (Å²) in [5.74, 6) is 0. The first-order chi connectivity index (χ1) is 8.56. The van der Waals surface area contributed by atoms with Crippen molar-refractivity contribution in [2.24, 2.45) is 5.73 Å². The van der Waals surface area contributed by atoms with Gasteiger partial charge in [0.2, 0.25) is 10.0 Å². The van der Waals surface area contributed by atoms with E-state index in [1.54, 1.807) is 12.3 Å². The number of aromatic nitrogens is 1. The van der Waals surface area contributed by atoms with E-state index in [1.165, 1.54) is 0 Å². The molecule has 3 N–H and O–H groups in total. The molecule has 0 amide bonds. The molecule has 1 saturated heterocycles. The Hall–Kier alpha value is -0.890. The fourth-order valence-electron chi connectivity index (χ4n) is 2.05. The molecule has 1 aliphatic rings. The van der Waals surface area contributed by atoms with E-state index in [0.717, 1.165) is 12.1 Å². The molecule has 0 radical (unpaired) electrons. The Balaban J connectivity index is 2.20. The number of hydrogen-bond acceptors (Lipinski definition) is 4. The molecule has 0 spiro atoms. The van der Waals surface area contributed by atoms with E-state index >= 15 is 0 Å².